The van der Waals surface area contributed by atoms with Crippen molar-refractivity contribution in [2.45, 2.75) is 10.6 Å². The van der Waals surface area contributed by atoms with Crippen LogP contribution >= 0.6 is 0 Å². The number of aryl methyl sites for hydroxylation is 1. The molecule has 112 valence electrons. The van der Waals surface area contributed by atoms with E-state index in [9.17, 15) is 13.2 Å². The molecule has 5 heteroatoms. The minimum atomic E-state index is -3.45. The third-order valence-electron chi connectivity index (χ3n) is 3.62. The maximum atomic E-state index is 12.6. The molecule has 1 heterocycles. The first-order chi connectivity index (χ1) is 10.5. The second-order valence-corrected chi connectivity index (χ2v) is 7.18. The summed E-state index contributed by atoms with van der Waals surface area (Å²) in [6, 6.07) is 15.4. The van der Waals surface area contributed by atoms with Gasteiger partial charge < -0.3 is 4.57 Å². The summed E-state index contributed by atoms with van der Waals surface area (Å²) < 4.78 is 26.5. The number of hydrogen-bond donors (Lipinski definition) is 0. The number of rotatable bonds is 3. The van der Waals surface area contributed by atoms with Gasteiger partial charge in [0.2, 0.25) is 0 Å². The van der Waals surface area contributed by atoms with Crippen LogP contribution < -0.4 is 5.56 Å². The fraction of sp³-hybridized carbons (Fsp3) is 0.118. The summed E-state index contributed by atoms with van der Waals surface area (Å²) >= 11 is 0. The second-order valence-electron chi connectivity index (χ2n) is 5.19. The monoisotopic (exact) mass is 313 g/mol. The lowest BCUT2D eigenvalue weighted by molar-refractivity contribution is 0.595. The Kier molecular flexibility index (Phi) is 3.58. The summed E-state index contributed by atoms with van der Waals surface area (Å²) in [5.74, 6) is -0.133. The van der Waals surface area contributed by atoms with Crippen molar-refractivity contribution in [3.8, 4) is 0 Å². The van der Waals surface area contributed by atoms with Crippen LogP contribution in [0.5, 0.6) is 0 Å². The van der Waals surface area contributed by atoms with Crippen molar-refractivity contribution in [3.63, 3.8) is 0 Å². The SMILES string of the molecule is Cn1cc(CS(=O)(=O)c2ccccc2)c2ccccc2c1=O. The Bertz CT molecular complexity index is 989. The number of pyridine rings is 1. The van der Waals surface area contributed by atoms with Gasteiger partial charge in [-0.15, -0.1) is 0 Å². The van der Waals surface area contributed by atoms with Crippen molar-refractivity contribution in [1.82, 2.24) is 4.57 Å². The second kappa shape index (κ2) is 5.42. The van der Waals surface area contributed by atoms with Crippen molar-refractivity contribution < 1.29 is 8.42 Å². The summed E-state index contributed by atoms with van der Waals surface area (Å²) in [5.41, 5.74) is 0.498. The fourth-order valence-corrected chi connectivity index (χ4v) is 3.91. The molecule has 2 aromatic carbocycles. The van der Waals surface area contributed by atoms with Gasteiger partial charge in [-0.05, 0) is 29.1 Å². The Morgan fingerprint density at radius 1 is 0.909 bits per heavy atom. The average molecular weight is 313 g/mol. The molecule has 0 spiro atoms. The van der Waals surface area contributed by atoms with Gasteiger partial charge in [-0.25, -0.2) is 8.42 Å². The zero-order valence-corrected chi connectivity index (χ0v) is 12.9. The van der Waals surface area contributed by atoms with Crippen molar-refractivity contribution >= 4 is 20.6 Å². The van der Waals surface area contributed by atoms with Crippen molar-refractivity contribution in [2.24, 2.45) is 7.05 Å². The highest BCUT2D eigenvalue weighted by Crippen LogP contribution is 2.21. The van der Waals surface area contributed by atoms with Gasteiger partial charge in [-0.1, -0.05) is 36.4 Å². The first-order valence-corrected chi connectivity index (χ1v) is 8.49. The number of sulfone groups is 1. The van der Waals surface area contributed by atoms with E-state index in [1.807, 2.05) is 0 Å². The van der Waals surface area contributed by atoms with Crippen molar-refractivity contribution in [1.29, 1.82) is 0 Å². The van der Waals surface area contributed by atoms with Crippen LogP contribution in [0.3, 0.4) is 0 Å². The highest BCUT2D eigenvalue weighted by molar-refractivity contribution is 7.90. The van der Waals surface area contributed by atoms with Gasteiger partial charge >= 0.3 is 0 Å². The van der Waals surface area contributed by atoms with E-state index in [-0.39, 0.29) is 16.2 Å². The van der Waals surface area contributed by atoms with E-state index in [2.05, 4.69) is 0 Å². The van der Waals surface area contributed by atoms with Crippen LogP contribution in [0.15, 0.2) is 70.5 Å². The van der Waals surface area contributed by atoms with Gasteiger partial charge in [0.05, 0.1) is 10.6 Å². The van der Waals surface area contributed by atoms with Crippen LogP contribution in [0.25, 0.3) is 10.8 Å². The molecule has 3 aromatic rings. The normalized spacial score (nSPS) is 11.7. The van der Waals surface area contributed by atoms with E-state index in [1.165, 1.54) is 4.57 Å². The molecule has 0 radical (unpaired) electrons. The lowest BCUT2D eigenvalue weighted by atomic mass is 10.1. The molecule has 0 N–H and O–H groups in total. The standard InChI is InChI=1S/C17H15NO3S/c1-18-11-13(15-9-5-6-10-16(15)17(18)19)12-22(20,21)14-7-3-2-4-8-14/h2-11H,12H2,1H3. The Balaban J connectivity index is 2.16. The number of aromatic nitrogens is 1. The van der Waals surface area contributed by atoms with Crippen LogP contribution in [0.4, 0.5) is 0 Å². The smallest absolute Gasteiger partial charge is 0.258 e. The van der Waals surface area contributed by atoms with Gasteiger partial charge in [0.15, 0.2) is 9.84 Å². The van der Waals surface area contributed by atoms with Crippen molar-refractivity contribution in [3.05, 3.63) is 76.7 Å². The predicted molar refractivity (Wildman–Crippen MR) is 86.5 cm³/mol. The van der Waals surface area contributed by atoms with E-state index in [0.717, 1.165) is 0 Å². The first-order valence-electron chi connectivity index (χ1n) is 6.84. The number of hydrogen-bond acceptors (Lipinski definition) is 3. The lowest BCUT2D eigenvalue weighted by Gasteiger charge is -2.10. The van der Waals surface area contributed by atoms with E-state index in [0.29, 0.717) is 16.3 Å². The molecular weight excluding hydrogens is 298 g/mol. The van der Waals surface area contributed by atoms with E-state index < -0.39 is 9.84 Å². The molecule has 0 aliphatic rings. The lowest BCUT2D eigenvalue weighted by Crippen LogP contribution is -2.18. The maximum Gasteiger partial charge on any atom is 0.258 e. The molecule has 0 fully saturated rings. The molecule has 0 aliphatic carbocycles. The van der Waals surface area contributed by atoms with Gasteiger partial charge in [-0.2, -0.15) is 0 Å². The molecule has 0 saturated carbocycles. The Hall–Kier alpha value is -2.40. The van der Waals surface area contributed by atoms with Crippen LogP contribution in [-0.2, 0) is 22.6 Å². The molecule has 0 saturated heterocycles. The maximum absolute atomic E-state index is 12.6. The molecule has 22 heavy (non-hydrogen) atoms. The highest BCUT2D eigenvalue weighted by atomic mass is 32.2. The zero-order valence-electron chi connectivity index (χ0n) is 12.1. The Morgan fingerprint density at radius 3 is 2.18 bits per heavy atom. The molecule has 3 rings (SSSR count). The molecule has 0 aliphatic heterocycles. The van der Waals surface area contributed by atoms with Gasteiger partial charge in [-0.3, -0.25) is 4.79 Å². The van der Waals surface area contributed by atoms with Crippen LogP contribution in [0, 0.1) is 0 Å². The minimum Gasteiger partial charge on any atom is -0.318 e. The van der Waals surface area contributed by atoms with Crippen LogP contribution in [0.1, 0.15) is 5.56 Å². The zero-order chi connectivity index (χ0) is 15.7. The van der Waals surface area contributed by atoms with Crippen LogP contribution in [0.2, 0.25) is 0 Å². The van der Waals surface area contributed by atoms with Crippen molar-refractivity contribution in [2.75, 3.05) is 0 Å². The van der Waals surface area contributed by atoms with E-state index in [4.69, 9.17) is 0 Å². The largest absolute Gasteiger partial charge is 0.318 e. The summed E-state index contributed by atoms with van der Waals surface area (Å²) in [6.45, 7) is 0. The Labute approximate surface area is 128 Å². The summed E-state index contributed by atoms with van der Waals surface area (Å²) in [7, 11) is -1.82. The molecule has 0 amide bonds. The number of nitrogens with zero attached hydrogens (tertiary/aromatic N) is 1. The number of fused-ring (bicyclic) bond motifs is 1. The molecular formula is C17H15NO3S. The average Bonchev–Trinajstić information content (AvgIpc) is 2.53. The summed E-state index contributed by atoms with van der Waals surface area (Å²) in [4.78, 5) is 12.4. The Morgan fingerprint density at radius 2 is 1.50 bits per heavy atom. The molecule has 0 bridgehead atoms. The molecule has 0 unspecified atom stereocenters. The first kappa shape index (κ1) is 14.5. The quantitative estimate of drug-likeness (QED) is 0.746. The third-order valence-corrected chi connectivity index (χ3v) is 5.30. The van der Waals surface area contributed by atoms with Gasteiger partial charge in [0.25, 0.3) is 5.56 Å². The van der Waals surface area contributed by atoms with Gasteiger partial charge in [0, 0.05) is 18.6 Å². The van der Waals surface area contributed by atoms with Gasteiger partial charge in [0.1, 0.15) is 0 Å². The topological polar surface area (TPSA) is 56.1 Å². The predicted octanol–water partition coefficient (Wildman–Crippen LogP) is 2.51. The minimum absolute atomic E-state index is 0.128. The van der Waals surface area contributed by atoms with E-state index in [1.54, 1.807) is 67.8 Å². The highest BCUT2D eigenvalue weighted by Gasteiger charge is 2.17. The molecule has 4 nitrogen and oxygen atoms in total. The summed E-state index contributed by atoms with van der Waals surface area (Å²) in [5, 5.41) is 1.22. The van der Waals surface area contributed by atoms with Crippen LogP contribution in [-0.4, -0.2) is 13.0 Å². The molecule has 1 aromatic heterocycles. The fourth-order valence-electron chi connectivity index (χ4n) is 2.53. The summed E-state index contributed by atoms with van der Waals surface area (Å²) in [6.07, 6.45) is 1.60. The number of benzene rings is 2. The molecule has 0 atom stereocenters. The third kappa shape index (κ3) is 2.55. The van der Waals surface area contributed by atoms with E-state index >= 15 is 0 Å².